The lowest BCUT2D eigenvalue weighted by atomic mass is 10.1. The Hall–Kier alpha value is -1.36. The van der Waals surface area contributed by atoms with Crippen molar-refractivity contribution in [2.45, 2.75) is 25.6 Å². The molecule has 0 aliphatic carbocycles. The molecule has 1 aromatic heterocycles. The van der Waals surface area contributed by atoms with Gasteiger partial charge in [0.15, 0.2) is 0 Å². The minimum absolute atomic E-state index is 0.376. The van der Waals surface area contributed by atoms with Crippen LogP contribution < -0.4 is 5.32 Å². The van der Waals surface area contributed by atoms with Gasteiger partial charge >= 0.3 is 0 Å². The Morgan fingerprint density at radius 1 is 1.40 bits per heavy atom. The molecule has 0 bridgehead atoms. The van der Waals surface area contributed by atoms with Gasteiger partial charge in [0.2, 0.25) is 0 Å². The van der Waals surface area contributed by atoms with Gasteiger partial charge in [0.25, 0.3) is 0 Å². The molecule has 1 aliphatic heterocycles. The van der Waals surface area contributed by atoms with Crippen LogP contribution in [0.2, 0.25) is 0 Å². The molecule has 108 valence electrons. The van der Waals surface area contributed by atoms with Gasteiger partial charge in [0.05, 0.1) is 12.6 Å². The molecule has 0 radical (unpaired) electrons. The third-order valence-electron chi connectivity index (χ3n) is 4.06. The highest BCUT2D eigenvalue weighted by Gasteiger charge is 2.24. The van der Waals surface area contributed by atoms with Crippen molar-refractivity contribution < 1.29 is 9.15 Å². The standard InChI is InChI=1S/C16H22N2O2/c1-17-9-16-14(11-18-8-7-12(10-18)19-2)13-5-3-4-6-15(13)20-16/h3-6,12,17H,7-11H2,1-2H3. The SMILES string of the molecule is CNCc1oc2ccccc2c1CN1CCC(OC)C1. The summed E-state index contributed by atoms with van der Waals surface area (Å²) in [7, 11) is 3.75. The number of furan rings is 1. The van der Waals surface area contributed by atoms with Gasteiger partial charge in [0.1, 0.15) is 11.3 Å². The first kappa shape index (κ1) is 13.6. The Balaban J connectivity index is 1.87. The maximum absolute atomic E-state index is 5.98. The minimum Gasteiger partial charge on any atom is -0.459 e. The zero-order valence-corrected chi connectivity index (χ0v) is 12.2. The van der Waals surface area contributed by atoms with Gasteiger partial charge in [-0.15, -0.1) is 0 Å². The van der Waals surface area contributed by atoms with E-state index in [-0.39, 0.29) is 0 Å². The Labute approximate surface area is 119 Å². The van der Waals surface area contributed by atoms with Gasteiger partial charge in [-0.05, 0) is 19.5 Å². The average Bonchev–Trinajstić information content (AvgIpc) is 3.05. The number of rotatable bonds is 5. The largest absolute Gasteiger partial charge is 0.459 e. The molecule has 1 aliphatic rings. The third kappa shape index (κ3) is 2.59. The van der Waals surface area contributed by atoms with Crippen molar-refractivity contribution in [2.75, 3.05) is 27.2 Å². The van der Waals surface area contributed by atoms with E-state index in [0.717, 1.165) is 43.9 Å². The molecule has 2 heterocycles. The number of nitrogens with one attached hydrogen (secondary N) is 1. The predicted octanol–water partition coefficient (Wildman–Crippen LogP) is 2.37. The van der Waals surface area contributed by atoms with Crippen LogP contribution in [0.15, 0.2) is 28.7 Å². The number of hydrogen-bond donors (Lipinski definition) is 1. The molecule has 1 atom stereocenters. The fourth-order valence-corrected chi connectivity index (χ4v) is 2.98. The summed E-state index contributed by atoms with van der Waals surface area (Å²) >= 11 is 0. The van der Waals surface area contributed by atoms with Crippen molar-refractivity contribution in [3.05, 3.63) is 35.6 Å². The highest BCUT2D eigenvalue weighted by Crippen LogP contribution is 2.28. The smallest absolute Gasteiger partial charge is 0.134 e. The molecule has 1 fully saturated rings. The Kier molecular flexibility index (Phi) is 4.05. The number of ether oxygens (including phenoxy) is 1. The maximum atomic E-state index is 5.98. The summed E-state index contributed by atoms with van der Waals surface area (Å²) in [6, 6.07) is 8.29. The lowest BCUT2D eigenvalue weighted by molar-refractivity contribution is 0.107. The molecule has 0 amide bonds. The molecule has 2 aromatic rings. The lowest BCUT2D eigenvalue weighted by Gasteiger charge is -2.15. The van der Waals surface area contributed by atoms with Crippen LogP contribution in [0, 0.1) is 0 Å². The zero-order chi connectivity index (χ0) is 13.9. The molecular formula is C16H22N2O2. The third-order valence-corrected chi connectivity index (χ3v) is 4.06. The van der Waals surface area contributed by atoms with Gasteiger partial charge in [0, 0.05) is 37.7 Å². The Morgan fingerprint density at radius 2 is 2.25 bits per heavy atom. The second-order valence-electron chi connectivity index (χ2n) is 5.41. The van der Waals surface area contributed by atoms with Crippen LogP contribution in [-0.4, -0.2) is 38.3 Å². The molecule has 20 heavy (non-hydrogen) atoms. The number of likely N-dealkylation sites (tertiary alicyclic amines) is 1. The fourth-order valence-electron chi connectivity index (χ4n) is 2.98. The lowest BCUT2D eigenvalue weighted by Crippen LogP contribution is -2.23. The monoisotopic (exact) mass is 274 g/mol. The normalized spacial score (nSPS) is 20.0. The van der Waals surface area contributed by atoms with Crippen molar-refractivity contribution in [3.63, 3.8) is 0 Å². The van der Waals surface area contributed by atoms with E-state index in [1.54, 1.807) is 7.11 Å². The van der Waals surface area contributed by atoms with Crippen molar-refractivity contribution in [2.24, 2.45) is 0 Å². The predicted molar refractivity (Wildman–Crippen MR) is 79.7 cm³/mol. The highest BCUT2D eigenvalue weighted by molar-refractivity contribution is 5.82. The van der Waals surface area contributed by atoms with Crippen LogP contribution in [0.25, 0.3) is 11.0 Å². The molecular weight excluding hydrogens is 252 g/mol. The summed E-state index contributed by atoms with van der Waals surface area (Å²) in [6.07, 6.45) is 1.49. The van der Waals surface area contributed by atoms with E-state index in [0.29, 0.717) is 6.10 Å². The maximum Gasteiger partial charge on any atom is 0.134 e. The van der Waals surface area contributed by atoms with Crippen molar-refractivity contribution >= 4 is 11.0 Å². The molecule has 4 nitrogen and oxygen atoms in total. The van der Waals surface area contributed by atoms with Gasteiger partial charge < -0.3 is 14.5 Å². The summed E-state index contributed by atoms with van der Waals surface area (Å²) in [6.45, 7) is 3.81. The molecule has 3 rings (SSSR count). The van der Waals surface area contributed by atoms with Gasteiger partial charge in [-0.1, -0.05) is 18.2 Å². The zero-order valence-electron chi connectivity index (χ0n) is 12.2. The number of para-hydroxylation sites is 1. The first-order valence-electron chi connectivity index (χ1n) is 7.21. The van der Waals surface area contributed by atoms with E-state index in [1.165, 1.54) is 10.9 Å². The second-order valence-corrected chi connectivity index (χ2v) is 5.41. The van der Waals surface area contributed by atoms with Crippen LogP contribution in [0.4, 0.5) is 0 Å². The first-order valence-corrected chi connectivity index (χ1v) is 7.21. The number of methoxy groups -OCH3 is 1. The van der Waals surface area contributed by atoms with Crippen molar-refractivity contribution in [1.29, 1.82) is 0 Å². The summed E-state index contributed by atoms with van der Waals surface area (Å²) < 4.78 is 11.4. The topological polar surface area (TPSA) is 37.6 Å². The van der Waals surface area contributed by atoms with E-state index >= 15 is 0 Å². The second kappa shape index (κ2) is 5.95. The summed E-state index contributed by atoms with van der Waals surface area (Å²) in [4.78, 5) is 2.45. The van der Waals surface area contributed by atoms with Gasteiger partial charge in [-0.3, -0.25) is 4.90 Å². The molecule has 1 unspecified atom stereocenters. The van der Waals surface area contributed by atoms with Crippen molar-refractivity contribution in [1.82, 2.24) is 10.2 Å². The van der Waals surface area contributed by atoms with E-state index in [4.69, 9.17) is 9.15 Å². The Bertz CT molecular complexity index is 579. The van der Waals surface area contributed by atoms with Crippen LogP contribution in [0.5, 0.6) is 0 Å². The number of fused-ring (bicyclic) bond motifs is 1. The van der Waals surface area contributed by atoms with Crippen LogP contribution in [0.3, 0.4) is 0 Å². The first-order chi connectivity index (χ1) is 9.81. The van der Waals surface area contributed by atoms with E-state index in [9.17, 15) is 0 Å². The summed E-state index contributed by atoms with van der Waals surface area (Å²) in [5.74, 6) is 1.05. The average molecular weight is 274 g/mol. The quantitative estimate of drug-likeness (QED) is 0.908. The number of nitrogens with zero attached hydrogens (tertiary/aromatic N) is 1. The van der Waals surface area contributed by atoms with E-state index < -0.39 is 0 Å². The summed E-state index contributed by atoms with van der Waals surface area (Å²) in [5.41, 5.74) is 2.29. The minimum atomic E-state index is 0.376. The van der Waals surface area contributed by atoms with Gasteiger partial charge in [-0.25, -0.2) is 0 Å². The molecule has 1 aromatic carbocycles. The number of benzene rings is 1. The van der Waals surface area contributed by atoms with Crippen LogP contribution >= 0.6 is 0 Å². The molecule has 0 saturated carbocycles. The van der Waals surface area contributed by atoms with Crippen LogP contribution in [0.1, 0.15) is 17.7 Å². The van der Waals surface area contributed by atoms with Crippen molar-refractivity contribution in [3.8, 4) is 0 Å². The number of hydrogen-bond acceptors (Lipinski definition) is 4. The van der Waals surface area contributed by atoms with Gasteiger partial charge in [-0.2, -0.15) is 0 Å². The molecule has 4 heteroatoms. The summed E-state index contributed by atoms with van der Waals surface area (Å²) in [5, 5.41) is 4.43. The molecule has 0 spiro atoms. The van der Waals surface area contributed by atoms with Crippen LogP contribution in [-0.2, 0) is 17.8 Å². The highest BCUT2D eigenvalue weighted by atomic mass is 16.5. The Morgan fingerprint density at radius 3 is 3.00 bits per heavy atom. The van der Waals surface area contributed by atoms with E-state index in [1.807, 2.05) is 19.2 Å². The molecule has 1 N–H and O–H groups in total. The van der Waals surface area contributed by atoms with E-state index in [2.05, 4.69) is 22.3 Å². The molecule has 1 saturated heterocycles. The fraction of sp³-hybridized carbons (Fsp3) is 0.500.